The van der Waals surface area contributed by atoms with E-state index in [0.717, 1.165) is 19.3 Å². The fourth-order valence-electron chi connectivity index (χ4n) is 1.84. The summed E-state index contributed by atoms with van der Waals surface area (Å²) in [5.41, 5.74) is -0.387. The molecule has 2 nitrogen and oxygen atoms in total. The Labute approximate surface area is 112 Å². The molecule has 0 aliphatic carbocycles. The van der Waals surface area contributed by atoms with E-state index in [1.54, 1.807) is 12.2 Å². The summed E-state index contributed by atoms with van der Waals surface area (Å²) in [6.45, 7) is 18.0. The minimum atomic E-state index is -0.387. The van der Waals surface area contributed by atoms with Gasteiger partial charge in [-0.2, -0.15) is 0 Å². The lowest BCUT2D eigenvalue weighted by molar-refractivity contribution is -0.125. The van der Waals surface area contributed by atoms with Gasteiger partial charge in [0.1, 0.15) is 0 Å². The summed E-state index contributed by atoms with van der Waals surface area (Å²) >= 11 is 0. The van der Waals surface area contributed by atoms with E-state index in [9.17, 15) is 0 Å². The van der Waals surface area contributed by atoms with Crippen LogP contribution in [0.5, 0.6) is 0 Å². The van der Waals surface area contributed by atoms with E-state index in [2.05, 4.69) is 33.2 Å². The van der Waals surface area contributed by atoms with Crippen LogP contribution in [0.3, 0.4) is 0 Å². The van der Waals surface area contributed by atoms with Gasteiger partial charge in [-0.05, 0) is 26.2 Å². The number of allylic oxidation sites excluding steroid dienone is 1. The van der Waals surface area contributed by atoms with Crippen molar-refractivity contribution in [2.24, 2.45) is 0 Å². The Morgan fingerprint density at radius 3 is 2.17 bits per heavy atom. The minimum Gasteiger partial charge on any atom is -0.371 e. The Kier molecular flexibility index (Phi) is 9.25. The summed E-state index contributed by atoms with van der Waals surface area (Å²) in [5, 5.41) is 0. The molecule has 0 fully saturated rings. The van der Waals surface area contributed by atoms with Crippen molar-refractivity contribution in [2.45, 2.75) is 37.9 Å². The molecule has 0 aliphatic rings. The van der Waals surface area contributed by atoms with Crippen molar-refractivity contribution >= 4 is 0 Å². The van der Waals surface area contributed by atoms with E-state index >= 15 is 0 Å². The summed E-state index contributed by atoms with van der Waals surface area (Å²) in [5.74, 6) is 0. The number of ether oxygens (including phenoxy) is 2. The summed E-state index contributed by atoms with van der Waals surface area (Å²) in [4.78, 5) is 0. The van der Waals surface area contributed by atoms with Crippen LogP contribution in [0.1, 0.15) is 26.2 Å². The zero-order valence-corrected chi connectivity index (χ0v) is 11.6. The second kappa shape index (κ2) is 9.86. The summed E-state index contributed by atoms with van der Waals surface area (Å²) < 4.78 is 11.7. The number of rotatable bonds is 12. The number of hydrogen-bond donors (Lipinski definition) is 0. The van der Waals surface area contributed by atoms with Crippen LogP contribution in [0.15, 0.2) is 50.6 Å². The van der Waals surface area contributed by atoms with Gasteiger partial charge in [-0.1, -0.05) is 24.3 Å². The van der Waals surface area contributed by atoms with Crippen LogP contribution in [-0.4, -0.2) is 24.9 Å². The molecule has 2 atom stereocenters. The first-order chi connectivity index (χ1) is 8.64. The van der Waals surface area contributed by atoms with Gasteiger partial charge in [0.2, 0.25) is 0 Å². The summed E-state index contributed by atoms with van der Waals surface area (Å²) in [6, 6.07) is 0. The van der Waals surface area contributed by atoms with E-state index in [1.807, 2.05) is 12.2 Å². The van der Waals surface area contributed by atoms with E-state index in [4.69, 9.17) is 9.47 Å². The fourth-order valence-corrected chi connectivity index (χ4v) is 1.84. The molecular weight excluding hydrogens is 224 g/mol. The largest absolute Gasteiger partial charge is 0.371 e. The molecule has 0 bridgehead atoms. The molecule has 0 spiro atoms. The molecule has 102 valence electrons. The Bertz CT molecular complexity index is 258. The predicted octanol–water partition coefficient (Wildman–Crippen LogP) is 4.06. The minimum absolute atomic E-state index is 0.00792. The van der Waals surface area contributed by atoms with Crippen LogP contribution < -0.4 is 0 Å². The van der Waals surface area contributed by atoms with Gasteiger partial charge in [-0.15, -0.1) is 26.3 Å². The summed E-state index contributed by atoms with van der Waals surface area (Å²) in [6.07, 6.45) is 9.76. The Morgan fingerprint density at radius 1 is 1.00 bits per heavy atom. The van der Waals surface area contributed by atoms with Gasteiger partial charge < -0.3 is 9.47 Å². The van der Waals surface area contributed by atoms with Crippen molar-refractivity contribution in [2.75, 3.05) is 13.2 Å². The van der Waals surface area contributed by atoms with Crippen molar-refractivity contribution in [3.63, 3.8) is 0 Å². The third kappa shape index (κ3) is 5.99. The molecule has 18 heavy (non-hydrogen) atoms. The van der Waals surface area contributed by atoms with Crippen LogP contribution in [0, 0.1) is 0 Å². The first-order valence-electron chi connectivity index (χ1n) is 6.33. The van der Waals surface area contributed by atoms with Crippen molar-refractivity contribution < 1.29 is 9.47 Å². The Balaban J connectivity index is 4.77. The predicted molar refractivity (Wildman–Crippen MR) is 78.7 cm³/mol. The lowest BCUT2D eigenvalue weighted by Crippen LogP contribution is -2.43. The van der Waals surface area contributed by atoms with Gasteiger partial charge in [0.05, 0.1) is 24.9 Å². The highest BCUT2D eigenvalue weighted by Gasteiger charge is 2.34. The molecule has 0 saturated carbocycles. The molecule has 0 N–H and O–H groups in total. The first-order valence-corrected chi connectivity index (χ1v) is 6.33. The lowest BCUT2D eigenvalue weighted by atomic mass is 9.91. The molecule has 0 aliphatic heterocycles. The SMILES string of the molecule is C=CCC[C@H](OCC=C)[C@@](C)(CC=C)OCC=C. The van der Waals surface area contributed by atoms with E-state index in [1.165, 1.54) is 0 Å². The second-order valence-electron chi connectivity index (χ2n) is 4.38. The maximum absolute atomic E-state index is 5.89. The first kappa shape index (κ1) is 16.9. The van der Waals surface area contributed by atoms with E-state index in [-0.39, 0.29) is 11.7 Å². The second-order valence-corrected chi connectivity index (χ2v) is 4.38. The van der Waals surface area contributed by atoms with Gasteiger partial charge in [0, 0.05) is 0 Å². The third-order valence-corrected chi connectivity index (χ3v) is 2.81. The molecule has 0 aromatic heterocycles. The molecule has 0 aromatic rings. The van der Waals surface area contributed by atoms with Crippen LogP contribution in [0.25, 0.3) is 0 Å². The highest BCUT2D eigenvalue weighted by Crippen LogP contribution is 2.27. The zero-order valence-electron chi connectivity index (χ0n) is 11.6. The lowest BCUT2D eigenvalue weighted by Gasteiger charge is -2.36. The standard InChI is InChI=1S/C16H26O2/c1-6-10-11-15(17-13-8-3)16(5,12-7-2)18-14-9-4/h6-9,15H,1-4,10-14H2,5H3/t15-,16+/m0/s1. The van der Waals surface area contributed by atoms with Crippen LogP contribution >= 0.6 is 0 Å². The van der Waals surface area contributed by atoms with Crippen LogP contribution in [0.4, 0.5) is 0 Å². The average Bonchev–Trinajstić information content (AvgIpc) is 2.37. The highest BCUT2D eigenvalue weighted by atomic mass is 16.5. The molecule has 0 saturated heterocycles. The Morgan fingerprint density at radius 2 is 1.67 bits per heavy atom. The average molecular weight is 250 g/mol. The maximum atomic E-state index is 5.89. The molecule has 2 heteroatoms. The number of hydrogen-bond acceptors (Lipinski definition) is 2. The monoisotopic (exact) mass is 250 g/mol. The quantitative estimate of drug-likeness (QED) is 0.486. The molecule has 0 rings (SSSR count). The van der Waals surface area contributed by atoms with Gasteiger partial charge in [0.15, 0.2) is 0 Å². The van der Waals surface area contributed by atoms with E-state index < -0.39 is 0 Å². The zero-order chi connectivity index (χ0) is 13.9. The maximum Gasteiger partial charge on any atom is 0.0953 e. The van der Waals surface area contributed by atoms with Crippen LogP contribution in [0.2, 0.25) is 0 Å². The molecule has 0 unspecified atom stereocenters. The van der Waals surface area contributed by atoms with Gasteiger partial charge >= 0.3 is 0 Å². The molecule has 0 amide bonds. The van der Waals surface area contributed by atoms with Gasteiger partial charge in [-0.3, -0.25) is 0 Å². The molecule has 0 heterocycles. The van der Waals surface area contributed by atoms with Gasteiger partial charge in [-0.25, -0.2) is 0 Å². The normalized spacial score (nSPS) is 15.4. The fraction of sp³-hybridized carbons (Fsp3) is 0.500. The molecule has 0 radical (unpaired) electrons. The van der Waals surface area contributed by atoms with Crippen molar-refractivity contribution in [1.29, 1.82) is 0 Å². The third-order valence-electron chi connectivity index (χ3n) is 2.81. The Hall–Kier alpha value is -1.12. The topological polar surface area (TPSA) is 18.5 Å². The van der Waals surface area contributed by atoms with Gasteiger partial charge in [0.25, 0.3) is 0 Å². The molecule has 0 aromatic carbocycles. The highest BCUT2D eigenvalue weighted by molar-refractivity contribution is 4.94. The van der Waals surface area contributed by atoms with Crippen molar-refractivity contribution in [3.8, 4) is 0 Å². The van der Waals surface area contributed by atoms with E-state index in [0.29, 0.717) is 13.2 Å². The smallest absolute Gasteiger partial charge is 0.0953 e. The van der Waals surface area contributed by atoms with Crippen molar-refractivity contribution in [1.82, 2.24) is 0 Å². The molecular formula is C16H26O2. The summed E-state index contributed by atoms with van der Waals surface area (Å²) in [7, 11) is 0. The van der Waals surface area contributed by atoms with Crippen molar-refractivity contribution in [3.05, 3.63) is 50.6 Å². The van der Waals surface area contributed by atoms with Crippen LogP contribution in [-0.2, 0) is 9.47 Å².